The monoisotopic (exact) mass is 229 g/mol. The predicted octanol–water partition coefficient (Wildman–Crippen LogP) is 3.57. The summed E-state index contributed by atoms with van der Waals surface area (Å²) >= 11 is 0. The molecule has 1 atom stereocenters. The van der Waals surface area contributed by atoms with Crippen molar-refractivity contribution in [2.45, 2.75) is 20.0 Å². The lowest BCUT2D eigenvalue weighted by atomic mass is 9.94. The zero-order valence-electron chi connectivity index (χ0n) is 10.6. The molecule has 90 valence electrons. The number of nitrogens with one attached hydrogen (secondary N) is 1. The van der Waals surface area contributed by atoms with Crippen molar-refractivity contribution in [2.75, 3.05) is 12.4 Å². The van der Waals surface area contributed by atoms with Gasteiger partial charge in [-0.3, -0.25) is 0 Å². The summed E-state index contributed by atoms with van der Waals surface area (Å²) in [4.78, 5) is 0. The zero-order valence-corrected chi connectivity index (χ0v) is 10.6. The minimum absolute atomic E-state index is 0.211. The quantitative estimate of drug-likeness (QED) is 0.843. The molecule has 2 nitrogen and oxygen atoms in total. The highest BCUT2D eigenvalue weighted by molar-refractivity contribution is 5.95. The van der Waals surface area contributed by atoms with E-state index in [-0.39, 0.29) is 5.92 Å². The minimum atomic E-state index is -0.429. The van der Waals surface area contributed by atoms with Crippen LogP contribution in [0.25, 0.3) is 10.8 Å². The molecule has 0 fully saturated rings. The van der Waals surface area contributed by atoms with Crippen LogP contribution in [-0.2, 0) is 0 Å². The maximum Gasteiger partial charge on any atom is 0.0833 e. The first-order valence-electron chi connectivity index (χ1n) is 6.02. The van der Waals surface area contributed by atoms with Gasteiger partial charge in [0.05, 0.1) is 6.10 Å². The number of anilines is 1. The summed E-state index contributed by atoms with van der Waals surface area (Å²) in [5, 5.41) is 15.8. The van der Waals surface area contributed by atoms with Crippen LogP contribution in [0.5, 0.6) is 0 Å². The molecule has 0 aliphatic carbocycles. The van der Waals surface area contributed by atoms with Crippen molar-refractivity contribution in [3.05, 3.63) is 42.0 Å². The van der Waals surface area contributed by atoms with E-state index in [4.69, 9.17) is 0 Å². The lowest BCUT2D eigenvalue weighted by molar-refractivity contribution is 0.127. The highest BCUT2D eigenvalue weighted by Gasteiger charge is 2.17. The highest BCUT2D eigenvalue weighted by Crippen LogP contribution is 2.33. The number of fused-ring (bicyclic) bond motifs is 1. The molecule has 1 unspecified atom stereocenters. The van der Waals surface area contributed by atoms with Gasteiger partial charge in [0.15, 0.2) is 0 Å². The van der Waals surface area contributed by atoms with Crippen molar-refractivity contribution in [2.24, 2.45) is 5.92 Å². The highest BCUT2D eigenvalue weighted by atomic mass is 16.3. The van der Waals surface area contributed by atoms with E-state index in [0.717, 1.165) is 16.6 Å². The van der Waals surface area contributed by atoms with Gasteiger partial charge in [-0.25, -0.2) is 0 Å². The number of hydrogen-bond acceptors (Lipinski definition) is 2. The van der Waals surface area contributed by atoms with Crippen molar-refractivity contribution < 1.29 is 5.11 Å². The van der Waals surface area contributed by atoms with E-state index in [1.165, 1.54) is 5.39 Å². The summed E-state index contributed by atoms with van der Waals surface area (Å²) in [6.45, 7) is 4.05. The van der Waals surface area contributed by atoms with Crippen molar-refractivity contribution in [3.63, 3.8) is 0 Å². The molecule has 2 N–H and O–H groups in total. The van der Waals surface area contributed by atoms with Crippen LogP contribution in [0.2, 0.25) is 0 Å². The molecule has 2 rings (SSSR count). The number of hydrogen-bond donors (Lipinski definition) is 2. The van der Waals surface area contributed by atoms with Crippen LogP contribution in [0.3, 0.4) is 0 Å². The Labute approximate surface area is 102 Å². The third kappa shape index (κ3) is 2.13. The summed E-state index contributed by atoms with van der Waals surface area (Å²) in [5.74, 6) is 0.211. The summed E-state index contributed by atoms with van der Waals surface area (Å²) < 4.78 is 0. The Morgan fingerprint density at radius 1 is 1.06 bits per heavy atom. The van der Waals surface area contributed by atoms with Crippen molar-refractivity contribution in [1.82, 2.24) is 0 Å². The van der Waals surface area contributed by atoms with Crippen LogP contribution in [0, 0.1) is 5.92 Å². The largest absolute Gasteiger partial charge is 0.388 e. The van der Waals surface area contributed by atoms with E-state index in [0.29, 0.717) is 0 Å². The maximum absolute atomic E-state index is 10.2. The fraction of sp³-hybridized carbons (Fsp3) is 0.333. The van der Waals surface area contributed by atoms with Gasteiger partial charge in [0.25, 0.3) is 0 Å². The standard InChI is InChI=1S/C15H19NO/c1-10(2)15(17)13-9-8-11-6-4-5-7-12(11)14(13)16-3/h4-10,15-17H,1-3H3. The van der Waals surface area contributed by atoms with Gasteiger partial charge in [0.2, 0.25) is 0 Å². The number of rotatable bonds is 3. The molecule has 2 aromatic rings. The molecule has 17 heavy (non-hydrogen) atoms. The van der Waals surface area contributed by atoms with E-state index < -0.39 is 6.10 Å². The molecule has 2 aromatic carbocycles. The van der Waals surface area contributed by atoms with Crippen LogP contribution in [0.4, 0.5) is 5.69 Å². The lowest BCUT2D eigenvalue weighted by Gasteiger charge is -2.20. The van der Waals surface area contributed by atoms with Crippen LogP contribution in [0.1, 0.15) is 25.5 Å². The van der Waals surface area contributed by atoms with Crippen LogP contribution >= 0.6 is 0 Å². The summed E-state index contributed by atoms with van der Waals surface area (Å²) in [6, 6.07) is 12.3. The van der Waals surface area contributed by atoms with Gasteiger partial charge < -0.3 is 10.4 Å². The first-order valence-corrected chi connectivity index (χ1v) is 6.02. The van der Waals surface area contributed by atoms with Crippen LogP contribution in [0.15, 0.2) is 36.4 Å². The smallest absolute Gasteiger partial charge is 0.0833 e. The Morgan fingerprint density at radius 2 is 1.76 bits per heavy atom. The third-order valence-electron chi connectivity index (χ3n) is 3.16. The Morgan fingerprint density at radius 3 is 2.41 bits per heavy atom. The Balaban J connectivity index is 2.65. The van der Waals surface area contributed by atoms with Gasteiger partial charge in [0, 0.05) is 23.7 Å². The minimum Gasteiger partial charge on any atom is -0.388 e. The second-order valence-corrected chi connectivity index (χ2v) is 4.69. The van der Waals surface area contributed by atoms with E-state index in [1.54, 1.807) is 0 Å². The normalized spacial score (nSPS) is 13.0. The summed E-state index contributed by atoms with van der Waals surface area (Å²) in [7, 11) is 1.90. The average molecular weight is 229 g/mol. The molecule has 0 amide bonds. The number of benzene rings is 2. The first kappa shape index (κ1) is 11.9. The van der Waals surface area contributed by atoms with Crippen molar-refractivity contribution in [3.8, 4) is 0 Å². The SMILES string of the molecule is CNc1c(C(O)C(C)C)ccc2ccccc12. The summed E-state index contributed by atoms with van der Waals surface area (Å²) in [5.41, 5.74) is 2.01. The first-order chi connectivity index (χ1) is 8.15. The predicted molar refractivity (Wildman–Crippen MR) is 73.3 cm³/mol. The molecule has 0 aliphatic rings. The van der Waals surface area contributed by atoms with Crippen molar-refractivity contribution >= 4 is 16.5 Å². The van der Waals surface area contributed by atoms with Crippen LogP contribution in [-0.4, -0.2) is 12.2 Å². The van der Waals surface area contributed by atoms with Gasteiger partial charge in [-0.05, 0) is 11.3 Å². The van der Waals surface area contributed by atoms with Gasteiger partial charge >= 0.3 is 0 Å². The summed E-state index contributed by atoms with van der Waals surface area (Å²) in [6.07, 6.45) is -0.429. The fourth-order valence-electron chi connectivity index (χ4n) is 2.17. The van der Waals surface area contributed by atoms with E-state index in [9.17, 15) is 5.11 Å². The average Bonchev–Trinajstić information content (AvgIpc) is 2.36. The second-order valence-electron chi connectivity index (χ2n) is 4.69. The Hall–Kier alpha value is -1.54. The molecule has 0 saturated heterocycles. The van der Waals surface area contributed by atoms with Gasteiger partial charge in [0.1, 0.15) is 0 Å². The molecule has 0 aromatic heterocycles. The molecule has 0 aliphatic heterocycles. The number of aliphatic hydroxyl groups is 1. The Bertz CT molecular complexity index is 519. The molecular formula is C15H19NO. The second kappa shape index (κ2) is 4.76. The van der Waals surface area contributed by atoms with Gasteiger partial charge in [-0.2, -0.15) is 0 Å². The molecule has 0 radical (unpaired) electrons. The molecule has 0 bridgehead atoms. The lowest BCUT2D eigenvalue weighted by Crippen LogP contribution is -2.08. The van der Waals surface area contributed by atoms with Crippen LogP contribution < -0.4 is 5.32 Å². The molecule has 0 heterocycles. The number of aliphatic hydroxyl groups excluding tert-OH is 1. The zero-order chi connectivity index (χ0) is 12.4. The third-order valence-corrected chi connectivity index (χ3v) is 3.16. The molecule has 0 saturated carbocycles. The van der Waals surface area contributed by atoms with Crippen molar-refractivity contribution in [1.29, 1.82) is 0 Å². The van der Waals surface area contributed by atoms with E-state index >= 15 is 0 Å². The van der Waals surface area contributed by atoms with Gasteiger partial charge in [-0.1, -0.05) is 50.2 Å². The molecular weight excluding hydrogens is 210 g/mol. The molecule has 0 spiro atoms. The van der Waals surface area contributed by atoms with Gasteiger partial charge in [-0.15, -0.1) is 0 Å². The Kier molecular flexibility index (Phi) is 3.34. The fourth-order valence-corrected chi connectivity index (χ4v) is 2.17. The molecule has 2 heteroatoms. The topological polar surface area (TPSA) is 32.3 Å². The van der Waals surface area contributed by atoms with E-state index in [1.807, 2.05) is 39.1 Å². The maximum atomic E-state index is 10.2. The van der Waals surface area contributed by atoms with E-state index in [2.05, 4.69) is 23.5 Å².